The van der Waals surface area contributed by atoms with E-state index in [0.29, 0.717) is 16.9 Å². The van der Waals surface area contributed by atoms with Gasteiger partial charge in [0, 0.05) is 17.1 Å². The average molecular weight is 401 g/mol. The smallest absolute Gasteiger partial charge is 0.0406 e. The minimum Gasteiger partial charge on any atom is -0.311 e. The summed E-state index contributed by atoms with van der Waals surface area (Å²) in [5, 5.41) is 5.02. The van der Waals surface area contributed by atoms with Gasteiger partial charge in [0.25, 0.3) is 0 Å². The van der Waals surface area contributed by atoms with Crippen LogP contribution in [-0.4, -0.2) is 36.6 Å². The maximum Gasteiger partial charge on any atom is 0.0406 e. The molecule has 1 N–H and O–H groups in total. The predicted octanol–water partition coefficient (Wildman–Crippen LogP) is 5.64. The molecule has 1 heterocycles. The number of benzene rings is 1. The molecular weight excluding hydrogens is 364 g/mol. The lowest BCUT2D eigenvalue weighted by Gasteiger charge is -2.64. The van der Waals surface area contributed by atoms with Crippen LogP contribution in [0, 0.1) is 17.3 Å². The van der Waals surface area contributed by atoms with E-state index in [-0.39, 0.29) is 0 Å². The number of likely N-dealkylation sites (tertiary alicyclic amines) is 1. The van der Waals surface area contributed by atoms with Crippen LogP contribution in [0.15, 0.2) is 24.3 Å². The number of hydrogen-bond acceptors (Lipinski definition) is 2. The van der Waals surface area contributed by atoms with E-state index in [2.05, 4.69) is 48.3 Å². The van der Waals surface area contributed by atoms with Crippen molar-refractivity contribution in [2.24, 2.45) is 17.3 Å². The third-order valence-electron chi connectivity index (χ3n) is 9.00. The minimum absolute atomic E-state index is 0.413. The van der Waals surface area contributed by atoms with Gasteiger partial charge in [0.1, 0.15) is 0 Å². The number of halogens is 1. The molecule has 0 amide bonds. The van der Waals surface area contributed by atoms with E-state index in [1.807, 2.05) is 0 Å². The van der Waals surface area contributed by atoms with Gasteiger partial charge in [-0.1, -0.05) is 30.7 Å². The summed E-state index contributed by atoms with van der Waals surface area (Å²) in [6, 6.07) is 10.3. The molecule has 4 bridgehead atoms. The van der Waals surface area contributed by atoms with Crippen LogP contribution in [0.5, 0.6) is 0 Å². The zero-order chi connectivity index (χ0) is 19.4. The lowest BCUT2D eigenvalue weighted by molar-refractivity contribution is -0.0903. The molecule has 28 heavy (non-hydrogen) atoms. The topological polar surface area (TPSA) is 15.3 Å². The van der Waals surface area contributed by atoms with Gasteiger partial charge in [-0.2, -0.15) is 0 Å². The normalized spacial score (nSPS) is 39.4. The fourth-order valence-electron chi connectivity index (χ4n) is 7.93. The molecule has 1 saturated heterocycles. The van der Waals surface area contributed by atoms with Crippen molar-refractivity contribution in [1.82, 2.24) is 10.2 Å². The van der Waals surface area contributed by atoms with Crippen molar-refractivity contribution in [2.45, 2.75) is 82.7 Å². The molecule has 1 aromatic rings. The number of rotatable bonds is 5. The SMILES string of the molecule is CCN1CCC(NC(C)C23CC4CC(CC(c5ccc(Cl)cc5)(C4)C2)C3)CC1. The summed E-state index contributed by atoms with van der Waals surface area (Å²) in [4.78, 5) is 2.60. The molecule has 4 saturated carbocycles. The number of piperidine rings is 1. The molecule has 0 spiro atoms. The number of nitrogens with one attached hydrogen (secondary N) is 1. The molecular formula is C25H37ClN2. The molecule has 0 radical (unpaired) electrons. The fraction of sp³-hybridized carbons (Fsp3) is 0.760. The zero-order valence-corrected chi connectivity index (χ0v) is 18.5. The van der Waals surface area contributed by atoms with Crippen molar-refractivity contribution >= 4 is 11.6 Å². The van der Waals surface area contributed by atoms with Gasteiger partial charge in [-0.05, 0) is 118 Å². The Kier molecular flexibility index (Phi) is 5.05. The highest BCUT2D eigenvalue weighted by molar-refractivity contribution is 6.30. The fourth-order valence-corrected chi connectivity index (χ4v) is 8.05. The summed E-state index contributed by atoms with van der Waals surface area (Å²) >= 11 is 6.21. The second kappa shape index (κ2) is 7.29. The lowest BCUT2D eigenvalue weighted by atomic mass is 9.41. The van der Waals surface area contributed by atoms with E-state index in [0.717, 1.165) is 22.9 Å². The Morgan fingerprint density at radius 3 is 2.32 bits per heavy atom. The molecule has 2 nitrogen and oxygen atoms in total. The summed E-state index contributed by atoms with van der Waals surface area (Å²) in [5.41, 5.74) is 2.49. The van der Waals surface area contributed by atoms with Crippen molar-refractivity contribution in [1.29, 1.82) is 0 Å². The second-order valence-electron chi connectivity index (χ2n) is 10.7. The molecule has 5 aliphatic rings. The van der Waals surface area contributed by atoms with Crippen LogP contribution in [0.4, 0.5) is 0 Å². The van der Waals surface area contributed by atoms with Gasteiger partial charge in [0.2, 0.25) is 0 Å². The summed E-state index contributed by atoms with van der Waals surface area (Å²) < 4.78 is 0. The summed E-state index contributed by atoms with van der Waals surface area (Å²) in [7, 11) is 0. The maximum absolute atomic E-state index is 6.21. The first-order valence-electron chi connectivity index (χ1n) is 11.7. The van der Waals surface area contributed by atoms with Gasteiger partial charge in [-0.15, -0.1) is 0 Å². The van der Waals surface area contributed by atoms with E-state index < -0.39 is 0 Å². The third kappa shape index (κ3) is 3.34. The van der Waals surface area contributed by atoms with E-state index in [4.69, 9.17) is 11.6 Å². The zero-order valence-electron chi connectivity index (χ0n) is 17.7. The molecule has 6 rings (SSSR count). The summed E-state index contributed by atoms with van der Waals surface area (Å²) in [6.07, 6.45) is 11.3. The first kappa shape index (κ1) is 19.4. The molecule has 3 heteroatoms. The van der Waals surface area contributed by atoms with Crippen molar-refractivity contribution in [3.63, 3.8) is 0 Å². The molecule has 3 atom stereocenters. The Balaban J connectivity index is 1.35. The van der Waals surface area contributed by atoms with E-state index in [1.54, 1.807) is 5.56 Å². The Morgan fingerprint density at radius 2 is 1.71 bits per heavy atom. The van der Waals surface area contributed by atoms with Gasteiger partial charge >= 0.3 is 0 Å². The molecule has 1 aromatic carbocycles. The predicted molar refractivity (Wildman–Crippen MR) is 118 cm³/mol. The molecule has 154 valence electrons. The Labute approximate surface area is 176 Å². The number of hydrogen-bond donors (Lipinski definition) is 1. The Morgan fingerprint density at radius 1 is 1.07 bits per heavy atom. The second-order valence-corrected chi connectivity index (χ2v) is 11.1. The van der Waals surface area contributed by atoms with Crippen molar-refractivity contribution in [3.8, 4) is 0 Å². The number of nitrogens with zero attached hydrogens (tertiary/aromatic N) is 1. The van der Waals surface area contributed by atoms with Crippen LogP contribution in [-0.2, 0) is 5.41 Å². The van der Waals surface area contributed by atoms with Crippen LogP contribution in [0.25, 0.3) is 0 Å². The van der Waals surface area contributed by atoms with Crippen LogP contribution >= 0.6 is 11.6 Å². The highest BCUT2D eigenvalue weighted by Crippen LogP contribution is 2.66. The molecule has 5 fully saturated rings. The minimum atomic E-state index is 0.413. The van der Waals surface area contributed by atoms with E-state index >= 15 is 0 Å². The van der Waals surface area contributed by atoms with Crippen LogP contribution in [0.1, 0.15) is 70.8 Å². The molecule has 3 unspecified atom stereocenters. The maximum atomic E-state index is 6.21. The largest absolute Gasteiger partial charge is 0.311 e. The first-order chi connectivity index (χ1) is 13.5. The Bertz CT molecular complexity index is 677. The van der Waals surface area contributed by atoms with Crippen LogP contribution < -0.4 is 5.32 Å². The van der Waals surface area contributed by atoms with Crippen molar-refractivity contribution in [2.75, 3.05) is 19.6 Å². The van der Waals surface area contributed by atoms with Gasteiger partial charge in [0.15, 0.2) is 0 Å². The van der Waals surface area contributed by atoms with Crippen molar-refractivity contribution < 1.29 is 0 Å². The van der Waals surface area contributed by atoms with E-state index in [9.17, 15) is 0 Å². The quantitative estimate of drug-likeness (QED) is 0.687. The monoisotopic (exact) mass is 400 g/mol. The van der Waals surface area contributed by atoms with Gasteiger partial charge in [-0.3, -0.25) is 0 Å². The van der Waals surface area contributed by atoms with Gasteiger partial charge in [0.05, 0.1) is 0 Å². The van der Waals surface area contributed by atoms with Crippen LogP contribution in [0.3, 0.4) is 0 Å². The Hall–Kier alpha value is -0.570. The van der Waals surface area contributed by atoms with Gasteiger partial charge in [-0.25, -0.2) is 0 Å². The van der Waals surface area contributed by atoms with Crippen LogP contribution in [0.2, 0.25) is 5.02 Å². The highest BCUT2D eigenvalue weighted by Gasteiger charge is 2.59. The standard InChI is InChI=1S/C25H37ClN2/c1-3-28-10-8-23(9-11-28)27-18(2)24-13-19-12-20(14-24)16-25(15-19,17-24)21-4-6-22(26)7-5-21/h4-7,18-20,23,27H,3,8-17H2,1-2H3. The van der Waals surface area contributed by atoms with Crippen molar-refractivity contribution in [3.05, 3.63) is 34.9 Å². The molecule has 4 aliphatic carbocycles. The average Bonchev–Trinajstić information content (AvgIpc) is 2.68. The summed E-state index contributed by atoms with van der Waals surface area (Å²) in [5.74, 6) is 1.87. The summed E-state index contributed by atoms with van der Waals surface area (Å²) in [6.45, 7) is 8.57. The van der Waals surface area contributed by atoms with Gasteiger partial charge < -0.3 is 10.2 Å². The third-order valence-corrected chi connectivity index (χ3v) is 9.25. The molecule has 1 aliphatic heterocycles. The highest BCUT2D eigenvalue weighted by atomic mass is 35.5. The lowest BCUT2D eigenvalue weighted by Crippen LogP contribution is -2.61. The van der Waals surface area contributed by atoms with E-state index in [1.165, 1.54) is 71.0 Å². The molecule has 0 aromatic heterocycles. The first-order valence-corrected chi connectivity index (χ1v) is 12.1.